The fourth-order valence-electron chi connectivity index (χ4n) is 2.33. The summed E-state index contributed by atoms with van der Waals surface area (Å²) in [6.07, 6.45) is -0.0899. The van der Waals surface area contributed by atoms with Crippen LogP contribution in [-0.4, -0.2) is 56.2 Å². The van der Waals surface area contributed by atoms with Crippen LogP contribution < -0.4 is 15.4 Å². The van der Waals surface area contributed by atoms with Gasteiger partial charge in [0, 0.05) is 13.7 Å². The minimum Gasteiger partial charge on any atom is -0.497 e. The summed E-state index contributed by atoms with van der Waals surface area (Å²) in [6, 6.07) is 5.75. The molecule has 0 radical (unpaired) electrons. The summed E-state index contributed by atoms with van der Waals surface area (Å²) in [5.41, 5.74) is 0.796. The van der Waals surface area contributed by atoms with E-state index < -0.39 is 18.0 Å². The summed E-state index contributed by atoms with van der Waals surface area (Å²) in [7, 11) is 3.10. The van der Waals surface area contributed by atoms with Crippen molar-refractivity contribution < 1.29 is 23.9 Å². The third-order valence-electron chi connectivity index (χ3n) is 3.62. The van der Waals surface area contributed by atoms with E-state index in [0.29, 0.717) is 18.9 Å². The molecule has 0 saturated carbocycles. The Hall–Kier alpha value is -2.61. The second-order valence-corrected chi connectivity index (χ2v) is 5.32. The van der Waals surface area contributed by atoms with Gasteiger partial charge in [-0.3, -0.25) is 14.5 Å². The number of carbonyl (C=O) groups is 3. The topological polar surface area (TPSA) is 97.0 Å². The molecular weight excluding hydrogens is 314 g/mol. The Balaban J connectivity index is 1.91. The van der Waals surface area contributed by atoms with Crippen molar-refractivity contribution in [2.24, 2.45) is 0 Å². The first-order chi connectivity index (χ1) is 11.5. The second kappa shape index (κ2) is 8.30. The van der Waals surface area contributed by atoms with E-state index in [1.165, 1.54) is 7.11 Å². The van der Waals surface area contributed by atoms with Crippen molar-refractivity contribution in [3.63, 3.8) is 0 Å². The molecule has 1 aliphatic rings. The van der Waals surface area contributed by atoms with Crippen molar-refractivity contribution in [2.45, 2.75) is 19.0 Å². The molecule has 1 atom stereocenters. The molecule has 130 valence electrons. The molecular formula is C16H21N3O5. The maximum atomic E-state index is 12.3. The molecule has 1 aliphatic heterocycles. The van der Waals surface area contributed by atoms with E-state index in [1.54, 1.807) is 31.4 Å². The summed E-state index contributed by atoms with van der Waals surface area (Å²) in [5, 5.41) is 5.16. The normalized spacial score (nSPS) is 16.9. The Morgan fingerprint density at radius 2 is 1.96 bits per heavy atom. The molecule has 1 heterocycles. The van der Waals surface area contributed by atoms with Gasteiger partial charge in [-0.2, -0.15) is 0 Å². The quantitative estimate of drug-likeness (QED) is 0.525. The van der Waals surface area contributed by atoms with Gasteiger partial charge in [0.25, 0.3) is 5.91 Å². The number of imide groups is 1. The van der Waals surface area contributed by atoms with Gasteiger partial charge in [-0.25, -0.2) is 4.79 Å². The standard InChI is InChI=1S/C16H21N3O5/c1-23-8-7-17-14(20)9-13-15(21)19(16(22)18-13)10-11-3-5-12(24-2)6-4-11/h3-6,13H,7-10H2,1-2H3,(H,17,20)(H,18,22)/t13-/m0/s1. The number of rotatable bonds is 8. The molecule has 1 aromatic carbocycles. The lowest BCUT2D eigenvalue weighted by Crippen LogP contribution is -2.37. The first-order valence-electron chi connectivity index (χ1n) is 7.55. The number of nitrogens with one attached hydrogen (secondary N) is 2. The molecule has 0 unspecified atom stereocenters. The van der Waals surface area contributed by atoms with Crippen LogP contribution in [0.1, 0.15) is 12.0 Å². The number of carbonyl (C=O) groups excluding carboxylic acids is 3. The molecule has 0 aliphatic carbocycles. The third kappa shape index (κ3) is 4.45. The fraction of sp³-hybridized carbons (Fsp3) is 0.438. The molecule has 0 spiro atoms. The Morgan fingerprint density at radius 3 is 2.58 bits per heavy atom. The van der Waals surface area contributed by atoms with E-state index in [9.17, 15) is 14.4 Å². The monoisotopic (exact) mass is 335 g/mol. The molecule has 24 heavy (non-hydrogen) atoms. The van der Waals surface area contributed by atoms with Gasteiger partial charge in [0.15, 0.2) is 0 Å². The summed E-state index contributed by atoms with van der Waals surface area (Å²) >= 11 is 0. The van der Waals surface area contributed by atoms with Crippen LogP contribution in [0.3, 0.4) is 0 Å². The van der Waals surface area contributed by atoms with Gasteiger partial charge in [0.1, 0.15) is 11.8 Å². The van der Waals surface area contributed by atoms with Crippen LogP contribution in [0.2, 0.25) is 0 Å². The number of hydrogen-bond acceptors (Lipinski definition) is 5. The molecule has 2 N–H and O–H groups in total. The first kappa shape index (κ1) is 17.7. The highest BCUT2D eigenvalue weighted by Gasteiger charge is 2.38. The van der Waals surface area contributed by atoms with E-state index in [1.807, 2.05) is 0 Å². The Morgan fingerprint density at radius 1 is 1.25 bits per heavy atom. The van der Waals surface area contributed by atoms with Crippen LogP contribution in [0.25, 0.3) is 0 Å². The highest BCUT2D eigenvalue weighted by molar-refractivity contribution is 6.05. The highest BCUT2D eigenvalue weighted by atomic mass is 16.5. The number of ether oxygens (including phenoxy) is 2. The van der Waals surface area contributed by atoms with Gasteiger partial charge in [0.05, 0.1) is 26.7 Å². The van der Waals surface area contributed by atoms with Gasteiger partial charge in [-0.15, -0.1) is 0 Å². The Bertz CT molecular complexity index is 602. The van der Waals surface area contributed by atoms with Crippen molar-refractivity contribution in [3.05, 3.63) is 29.8 Å². The Kier molecular flexibility index (Phi) is 6.14. The maximum absolute atomic E-state index is 12.3. The lowest BCUT2D eigenvalue weighted by molar-refractivity contribution is -0.131. The predicted octanol–water partition coefficient (Wildman–Crippen LogP) is 0.268. The summed E-state index contributed by atoms with van der Waals surface area (Å²) in [6.45, 7) is 0.899. The largest absolute Gasteiger partial charge is 0.497 e. The van der Waals surface area contributed by atoms with Gasteiger partial charge in [-0.05, 0) is 17.7 Å². The number of nitrogens with zero attached hydrogens (tertiary/aromatic N) is 1. The van der Waals surface area contributed by atoms with Crippen LogP contribution in [0.15, 0.2) is 24.3 Å². The molecule has 0 bridgehead atoms. The lowest BCUT2D eigenvalue weighted by atomic mass is 10.1. The first-order valence-corrected chi connectivity index (χ1v) is 7.55. The SMILES string of the molecule is COCCNC(=O)C[C@@H]1NC(=O)N(Cc2ccc(OC)cc2)C1=O. The summed E-state index contributed by atoms with van der Waals surface area (Å²) in [4.78, 5) is 37.2. The average molecular weight is 335 g/mol. The van der Waals surface area contributed by atoms with Gasteiger partial charge < -0.3 is 20.1 Å². The summed E-state index contributed by atoms with van der Waals surface area (Å²) < 4.78 is 9.90. The van der Waals surface area contributed by atoms with Crippen molar-refractivity contribution in [3.8, 4) is 5.75 Å². The van der Waals surface area contributed by atoms with E-state index in [-0.39, 0.29) is 18.9 Å². The van der Waals surface area contributed by atoms with Crippen molar-refractivity contribution in [1.29, 1.82) is 0 Å². The predicted molar refractivity (Wildman–Crippen MR) is 85.4 cm³/mol. The van der Waals surface area contributed by atoms with E-state index in [2.05, 4.69) is 10.6 Å². The lowest BCUT2D eigenvalue weighted by Gasteiger charge is -2.13. The van der Waals surface area contributed by atoms with Gasteiger partial charge >= 0.3 is 6.03 Å². The van der Waals surface area contributed by atoms with Crippen LogP contribution >= 0.6 is 0 Å². The van der Waals surface area contributed by atoms with Gasteiger partial charge in [-0.1, -0.05) is 12.1 Å². The summed E-state index contributed by atoms with van der Waals surface area (Å²) in [5.74, 6) is -0.0173. The molecule has 1 saturated heterocycles. The van der Waals surface area contributed by atoms with E-state index >= 15 is 0 Å². The molecule has 1 fully saturated rings. The van der Waals surface area contributed by atoms with Crippen LogP contribution in [0, 0.1) is 0 Å². The number of benzene rings is 1. The zero-order valence-corrected chi connectivity index (χ0v) is 13.7. The second-order valence-electron chi connectivity index (χ2n) is 5.32. The zero-order valence-electron chi connectivity index (χ0n) is 13.7. The molecule has 0 aromatic heterocycles. The highest BCUT2D eigenvalue weighted by Crippen LogP contribution is 2.16. The zero-order chi connectivity index (χ0) is 17.5. The Labute approximate surface area is 140 Å². The van der Waals surface area contributed by atoms with E-state index in [0.717, 1.165) is 10.5 Å². The average Bonchev–Trinajstić information content (AvgIpc) is 2.83. The van der Waals surface area contributed by atoms with Gasteiger partial charge in [0.2, 0.25) is 5.91 Å². The van der Waals surface area contributed by atoms with Crippen LogP contribution in [0.4, 0.5) is 4.79 Å². The van der Waals surface area contributed by atoms with Crippen LogP contribution in [0.5, 0.6) is 5.75 Å². The molecule has 8 nitrogen and oxygen atoms in total. The minimum absolute atomic E-state index is 0.0899. The molecule has 2 rings (SSSR count). The minimum atomic E-state index is -0.835. The molecule has 8 heteroatoms. The number of hydrogen-bond donors (Lipinski definition) is 2. The third-order valence-corrected chi connectivity index (χ3v) is 3.62. The molecule has 4 amide bonds. The van der Waals surface area contributed by atoms with E-state index in [4.69, 9.17) is 9.47 Å². The smallest absolute Gasteiger partial charge is 0.325 e. The van der Waals surface area contributed by atoms with Crippen molar-refractivity contribution in [1.82, 2.24) is 15.5 Å². The number of methoxy groups -OCH3 is 2. The van der Waals surface area contributed by atoms with Crippen molar-refractivity contribution in [2.75, 3.05) is 27.4 Å². The number of urea groups is 1. The fourth-order valence-corrected chi connectivity index (χ4v) is 2.33. The molecule has 1 aromatic rings. The van der Waals surface area contributed by atoms with Crippen molar-refractivity contribution >= 4 is 17.8 Å². The van der Waals surface area contributed by atoms with Crippen LogP contribution in [-0.2, 0) is 20.9 Å². The number of amides is 4. The maximum Gasteiger partial charge on any atom is 0.325 e.